The summed E-state index contributed by atoms with van der Waals surface area (Å²) >= 11 is 12.3. The first-order valence-electron chi connectivity index (χ1n) is 10.7. The van der Waals surface area contributed by atoms with E-state index in [-0.39, 0.29) is 30.8 Å². The number of halogens is 2. The fourth-order valence-electron chi connectivity index (χ4n) is 3.32. The van der Waals surface area contributed by atoms with Gasteiger partial charge < -0.3 is 14.8 Å². The van der Waals surface area contributed by atoms with Crippen molar-refractivity contribution in [2.45, 2.75) is 39.6 Å². The van der Waals surface area contributed by atoms with E-state index in [1.165, 1.54) is 4.90 Å². The summed E-state index contributed by atoms with van der Waals surface area (Å²) in [5, 5.41) is 6.77. The number of imide groups is 1. The number of ether oxygens (including phenoxy) is 2. The zero-order valence-corrected chi connectivity index (χ0v) is 20.5. The average Bonchev–Trinajstić information content (AvgIpc) is 2.77. The number of amides is 4. The lowest BCUT2D eigenvalue weighted by Gasteiger charge is -2.42. The molecule has 0 radical (unpaired) electrons. The molecule has 0 spiro atoms. The van der Waals surface area contributed by atoms with Crippen molar-refractivity contribution in [2.75, 3.05) is 18.5 Å². The Bertz CT molecular complexity index is 1050. The lowest BCUT2D eigenvalue weighted by Crippen LogP contribution is -2.68. The predicted molar refractivity (Wildman–Crippen MR) is 129 cm³/mol. The van der Waals surface area contributed by atoms with E-state index in [0.717, 1.165) is 10.5 Å². The van der Waals surface area contributed by atoms with Gasteiger partial charge in [-0.05, 0) is 56.7 Å². The molecule has 0 aliphatic carbocycles. The van der Waals surface area contributed by atoms with E-state index in [1.807, 2.05) is 12.1 Å². The second-order valence-corrected chi connectivity index (χ2v) is 8.58. The Balaban J connectivity index is 1.79. The van der Waals surface area contributed by atoms with E-state index in [2.05, 4.69) is 10.6 Å². The van der Waals surface area contributed by atoms with Crippen LogP contribution in [0.5, 0.6) is 5.75 Å². The number of hydrogen-bond acceptors (Lipinski definition) is 6. The van der Waals surface area contributed by atoms with Crippen LogP contribution in [0.1, 0.15) is 26.3 Å². The standard InChI is InChI=1S/C23H26Cl2N4O5/c1-4-33-20(30)13-34-19-10-9-17(11-18(19)25)26-21-27-22(31)29(14(2)3)23(32)28(21)12-15-5-7-16(24)8-6-15/h5-11,14,21,26H,4,12-13H2,1-3H3,(H,27,31). The molecule has 2 aromatic rings. The first-order chi connectivity index (χ1) is 16.2. The maximum absolute atomic E-state index is 13.2. The van der Waals surface area contributed by atoms with Gasteiger partial charge in [-0.25, -0.2) is 19.3 Å². The number of nitrogens with one attached hydrogen (secondary N) is 2. The van der Waals surface area contributed by atoms with Crippen LogP contribution in [0, 0.1) is 0 Å². The van der Waals surface area contributed by atoms with Crippen molar-refractivity contribution in [1.29, 1.82) is 0 Å². The highest BCUT2D eigenvalue weighted by Crippen LogP contribution is 2.29. The van der Waals surface area contributed by atoms with Crippen molar-refractivity contribution in [3.8, 4) is 5.75 Å². The minimum Gasteiger partial charge on any atom is -0.480 e. The van der Waals surface area contributed by atoms with E-state index in [0.29, 0.717) is 16.5 Å². The molecule has 1 aliphatic rings. The van der Waals surface area contributed by atoms with Gasteiger partial charge in [-0.1, -0.05) is 35.3 Å². The SMILES string of the molecule is CCOC(=O)COc1ccc(NC2NC(=O)N(C(C)C)C(=O)N2Cc2ccc(Cl)cc2)cc1Cl. The molecule has 1 heterocycles. The summed E-state index contributed by atoms with van der Waals surface area (Å²) in [4.78, 5) is 40.0. The van der Waals surface area contributed by atoms with Crippen LogP contribution in [0.25, 0.3) is 0 Å². The van der Waals surface area contributed by atoms with Crippen LogP contribution in [-0.2, 0) is 16.1 Å². The van der Waals surface area contributed by atoms with Gasteiger partial charge in [0, 0.05) is 16.8 Å². The summed E-state index contributed by atoms with van der Waals surface area (Å²) < 4.78 is 10.2. The van der Waals surface area contributed by atoms with Gasteiger partial charge in [0.15, 0.2) is 12.9 Å². The Morgan fingerprint density at radius 2 is 1.85 bits per heavy atom. The third-order valence-electron chi connectivity index (χ3n) is 4.91. The summed E-state index contributed by atoms with van der Waals surface area (Å²) in [6, 6.07) is 10.7. The summed E-state index contributed by atoms with van der Waals surface area (Å²) in [6.45, 7) is 5.45. The van der Waals surface area contributed by atoms with E-state index in [1.54, 1.807) is 51.1 Å². The normalized spacial score (nSPS) is 15.9. The van der Waals surface area contributed by atoms with Crippen molar-refractivity contribution in [1.82, 2.24) is 15.1 Å². The number of anilines is 1. The zero-order chi connectivity index (χ0) is 24.8. The van der Waals surface area contributed by atoms with Crippen molar-refractivity contribution < 1.29 is 23.9 Å². The quantitative estimate of drug-likeness (QED) is 0.476. The van der Waals surface area contributed by atoms with Gasteiger partial charge in [-0.2, -0.15) is 0 Å². The molecule has 34 heavy (non-hydrogen) atoms. The average molecular weight is 509 g/mol. The van der Waals surface area contributed by atoms with E-state index >= 15 is 0 Å². The Hall–Kier alpha value is -3.17. The molecule has 1 unspecified atom stereocenters. The summed E-state index contributed by atoms with van der Waals surface area (Å²) in [7, 11) is 0. The summed E-state index contributed by atoms with van der Waals surface area (Å²) in [5.74, 6) is -0.204. The maximum Gasteiger partial charge on any atom is 0.344 e. The van der Waals surface area contributed by atoms with Crippen molar-refractivity contribution in [3.05, 3.63) is 58.1 Å². The minimum atomic E-state index is -0.840. The van der Waals surface area contributed by atoms with Gasteiger partial charge in [0.1, 0.15) is 5.75 Å². The fourth-order valence-corrected chi connectivity index (χ4v) is 3.68. The molecule has 1 atom stereocenters. The van der Waals surface area contributed by atoms with Gasteiger partial charge in [-0.15, -0.1) is 0 Å². The molecule has 11 heteroatoms. The molecule has 9 nitrogen and oxygen atoms in total. The third-order valence-corrected chi connectivity index (χ3v) is 5.46. The lowest BCUT2D eigenvalue weighted by molar-refractivity contribution is -0.145. The van der Waals surface area contributed by atoms with Gasteiger partial charge in [0.2, 0.25) is 0 Å². The van der Waals surface area contributed by atoms with Crippen LogP contribution in [0.4, 0.5) is 15.3 Å². The third kappa shape index (κ3) is 6.24. The summed E-state index contributed by atoms with van der Waals surface area (Å²) in [6.07, 6.45) is -0.840. The molecule has 0 saturated carbocycles. The second-order valence-electron chi connectivity index (χ2n) is 7.74. The van der Waals surface area contributed by atoms with Gasteiger partial charge in [0.05, 0.1) is 18.2 Å². The maximum atomic E-state index is 13.2. The van der Waals surface area contributed by atoms with Gasteiger partial charge >= 0.3 is 18.0 Å². The Morgan fingerprint density at radius 1 is 1.15 bits per heavy atom. The number of nitrogens with zero attached hydrogens (tertiary/aromatic N) is 2. The lowest BCUT2D eigenvalue weighted by atomic mass is 10.2. The molecule has 4 amide bonds. The van der Waals surface area contributed by atoms with Crippen LogP contribution in [0.3, 0.4) is 0 Å². The molecule has 2 aromatic carbocycles. The van der Waals surface area contributed by atoms with Crippen LogP contribution < -0.4 is 15.4 Å². The highest BCUT2D eigenvalue weighted by Gasteiger charge is 2.39. The van der Waals surface area contributed by atoms with Crippen molar-refractivity contribution in [2.24, 2.45) is 0 Å². The predicted octanol–water partition coefficient (Wildman–Crippen LogP) is 4.69. The van der Waals surface area contributed by atoms with Crippen LogP contribution in [-0.4, -0.2) is 53.4 Å². The molecule has 1 fully saturated rings. The van der Waals surface area contributed by atoms with Crippen LogP contribution >= 0.6 is 23.2 Å². The van der Waals surface area contributed by atoms with E-state index in [4.69, 9.17) is 32.7 Å². The first kappa shape index (κ1) is 25.5. The Labute approximate surface area is 207 Å². The number of carbonyl (C=O) groups is 3. The van der Waals surface area contributed by atoms with E-state index < -0.39 is 24.3 Å². The highest BCUT2D eigenvalue weighted by molar-refractivity contribution is 6.32. The second kappa shape index (κ2) is 11.3. The fraction of sp³-hybridized carbons (Fsp3) is 0.348. The van der Waals surface area contributed by atoms with Gasteiger partial charge in [0.25, 0.3) is 0 Å². The Morgan fingerprint density at radius 3 is 2.47 bits per heavy atom. The number of rotatable bonds is 9. The summed E-state index contributed by atoms with van der Waals surface area (Å²) in [5.41, 5.74) is 1.37. The van der Waals surface area contributed by atoms with Gasteiger partial charge in [-0.3, -0.25) is 10.2 Å². The molecular weight excluding hydrogens is 483 g/mol. The number of urea groups is 2. The van der Waals surface area contributed by atoms with Crippen molar-refractivity contribution in [3.63, 3.8) is 0 Å². The Kier molecular flexibility index (Phi) is 8.46. The molecule has 0 aromatic heterocycles. The first-order valence-corrected chi connectivity index (χ1v) is 11.4. The molecule has 3 rings (SSSR count). The van der Waals surface area contributed by atoms with E-state index in [9.17, 15) is 14.4 Å². The largest absolute Gasteiger partial charge is 0.480 e. The topological polar surface area (TPSA) is 100 Å². The van der Waals surface area contributed by atoms with Crippen LogP contribution in [0.15, 0.2) is 42.5 Å². The molecule has 1 aliphatic heterocycles. The molecule has 182 valence electrons. The van der Waals surface area contributed by atoms with Crippen molar-refractivity contribution >= 4 is 46.9 Å². The zero-order valence-electron chi connectivity index (χ0n) is 19.0. The number of hydrogen-bond donors (Lipinski definition) is 2. The number of benzene rings is 2. The highest BCUT2D eigenvalue weighted by atomic mass is 35.5. The monoisotopic (exact) mass is 508 g/mol. The molecule has 1 saturated heterocycles. The molecule has 2 N–H and O–H groups in total. The number of carbonyl (C=O) groups excluding carboxylic acids is 3. The smallest absolute Gasteiger partial charge is 0.344 e. The molecule has 0 bridgehead atoms. The van der Waals surface area contributed by atoms with Crippen LogP contribution in [0.2, 0.25) is 10.0 Å². The number of esters is 1. The molecular formula is C23H26Cl2N4O5. The minimum absolute atomic E-state index is 0.228.